The summed E-state index contributed by atoms with van der Waals surface area (Å²) in [5, 5.41) is 23.4. The quantitative estimate of drug-likeness (QED) is 0.175. The molecule has 2 aromatic heterocycles. The van der Waals surface area contributed by atoms with Gasteiger partial charge in [0, 0.05) is 28.2 Å². The molecule has 3 aromatic rings. The Hall–Kier alpha value is -3.09. The van der Waals surface area contributed by atoms with Crippen LogP contribution in [-0.4, -0.2) is 58.8 Å². The van der Waals surface area contributed by atoms with Crippen molar-refractivity contribution in [3.63, 3.8) is 0 Å². The van der Waals surface area contributed by atoms with Crippen molar-refractivity contribution in [2.45, 2.75) is 38.2 Å². The Morgan fingerprint density at radius 2 is 2.07 bits per heavy atom. The van der Waals surface area contributed by atoms with Crippen LogP contribution in [0.3, 0.4) is 0 Å². The second kappa shape index (κ2) is 12.9. The predicted octanol–water partition coefficient (Wildman–Crippen LogP) is 5.58. The number of amides is 2. The molecular formula is C32H32BBrN2O6S. The first-order valence-corrected chi connectivity index (χ1v) is 16.0. The number of phenols is 1. The van der Waals surface area contributed by atoms with Crippen molar-refractivity contribution in [3.8, 4) is 5.75 Å². The number of hydrogen-bond donors (Lipinski definition) is 2. The first-order valence-electron chi connectivity index (χ1n) is 14.4. The van der Waals surface area contributed by atoms with Gasteiger partial charge in [0.25, 0.3) is 0 Å². The lowest BCUT2D eigenvalue weighted by Gasteiger charge is -2.43. The fourth-order valence-electron chi connectivity index (χ4n) is 6.79. The van der Waals surface area contributed by atoms with Gasteiger partial charge in [0.1, 0.15) is 5.75 Å². The highest BCUT2D eigenvalue weighted by Gasteiger charge is 2.57. The Kier molecular flexibility index (Phi) is 8.97. The zero-order chi connectivity index (χ0) is 30.1. The number of fused-ring (bicyclic) bond motifs is 3. The number of phenolic OH excluding ortho intramolecular Hbond substituents is 1. The number of thiophene rings is 1. The Labute approximate surface area is 263 Å². The van der Waals surface area contributed by atoms with Gasteiger partial charge in [-0.2, -0.15) is 0 Å². The molecule has 0 spiro atoms. The number of aromatic nitrogens is 1. The highest BCUT2D eigenvalue weighted by molar-refractivity contribution is 9.10. The molecule has 1 aliphatic carbocycles. The molecule has 2 N–H and O–H groups in total. The number of carbonyl (C=O) groups is 2. The Morgan fingerprint density at radius 3 is 2.81 bits per heavy atom. The van der Waals surface area contributed by atoms with Crippen molar-refractivity contribution in [1.29, 1.82) is 0 Å². The van der Waals surface area contributed by atoms with E-state index >= 15 is 0 Å². The second-order valence-corrected chi connectivity index (χ2v) is 13.2. The highest BCUT2D eigenvalue weighted by Crippen LogP contribution is 2.51. The number of imide groups is 1. The Bertz CT molecular complexity index is 1560. The van der Waals surface area contributed by atoms with Crippen molar-refractivity contribution < 1.29 is 29.1 Å². The summed E-state index contributed by atoms with van der Waals surface area (Å²) in [6.07, 6.45) is 4.89. The molecule has 2 fully saturated rings. The van der Waals surface area contributed by atoms with Gasteiger partial charge >= 0.3 is 7.12 Å². The minimum atomic E-state index is -1.06. The number of allylic oxidation sites excluding steroid dienone is 1. The largest absolute Gasteiger partial charge is 0.507 e. The van der Waals surface area contributed by atoms with Crippen LogP contribution >= 0.6 is 27.3 Å². The van der Waals surface area contributed by atoms with Gasteiger partial charge < -0.3 is 19.5 Å². The lowest BCUT2D eigenvalue weighted by molar-refractivity contribution is -0.140. The van der Waals surface area contributed by atoms with Crippen LogP contribution in [-0.2, 0) is 25.5 Å². The number of methoxy groups -OCH3 is 1. The average molecular weight is 663 g/mol. The Balaban J connectivity index is 1.32. The molecule has 6 rings (SSSR count). The van der Waals surface area contributed by atoms with Crippen LogP contribution in [0.1, 0.15) is 35.4 Å². The van der Waals surface area contributed by atoms with Gasteiger partial charge in [-0.05, 0) is 96.1 Å². The van der Waals surface area contributed by atoms with Crippen molar-refractivity contribution in [1.82, 2.24) is 9.88 Å². The first kappa shape index (κ1) is 30.0. The van der Waals surface area contributed by atoms with Gasteiger partial charge in [-0.3, -0.25) is 19.5 Å². The summed E-state index contributed by atoms with van der Waals surface area (Å²) in [5.41, 5.74) is 4.26. The van der Waals surface area contributed by atoms with E-state index in [0.717, 1.165) is 31.8 Å². The van der Waals surface area contributed by atoms with E-state index in [2.05, 4.69) is 20.9 Å². The van der Waals surface area contributed by atoms with Gasteiger partial charge in [-0.15, -0.1) is 11.3 Å². The van der Waals surface area contributed by atoms with Crippen LogP contribution in [0.25, 0.3) is 11.6 Å². The molecule has 0 saturated carbocycles. The summed E-state index contributed by atoms with van der Waals surface area (Å²) >= 11 is 5.01. The van der Waals surface area contributed by atoms with Crippen LogP contribution in [0.5, 0.6) is 5.75 Å². The maximum absolute atomic E-state index is 13.8. The van der Waals surface area contributed by atoms with Crippen LogP contribution < -0.4 is 0 Å². The second-order valence-electron chi connectivity index (χ2n) is 11.2. The third-order valence-corrected chi connectivity index (χ3v) is 9.96. The fourth-order valence-corrected chi connectivity index (χ4v) is 7.86. The van der Waals surface area contributed by atoms with E-state index in [1.807, 2.05) is 47.9 Å². The van der Waals surface area contributed by atoms with Crippen LogP contribution in [0.4, 0.5) is 0 Å². The molecule has 2 amide bonds. The zero-order valence-corrected chi connectivity index (χ0v) is 26.1. The van der Waals surface area contributed by atoms with Gasteiger partial charge in [0.15, 0.2) is 0 Å². The van der Waals surface area contributed by atoms with E-state index in [-0.39, 0.29) is 36.3 Å². The molecule has 0 radical (unpaired) electrons. The predicted molar refractivity (Wildman–Crippen MR) is 169 cm³/mol. The van der Waals surface area contributed by atoms with Gasteiger partial charge in [0.2, 0.25) is 11.8 Å². The molecule has 2 aliphatic heterocycles. The average Bonchev–Trinajstić information content (AvgIpc) is 3.60. The fraction of sp³-hybridized carbons (Fsp3) is 0.344. The van der Waals surface area contributed by atoms with Crippen LogP contribution in [0, 0.1) is 17.8 Å². The summed E-state index contributed by atoms with van der Waals surface area (Å²) in [5.74, 6) is -1.49. The van der Waals surface area contributed by atoms with E-state index in [1.54, 1.807) is 25.4 Å². The number of pyridine rings is 1. The summed E-state index contributed by atoms with van der Waals surface area (Å²) in [7, 11) is 0.561. The topological polar surface area (TPSA) is 109 Å². The van der Waals surface area contributed by atoms with E-state index in [1.165, 1.54) is 16.2 Å². The molecule has 1 aromatic carbocycles. The monoisotopic (exact) mass is 662 g/mol. The van der Waals surface area contributed by atoms with Crippen LogP contribution in [0.2, 0.25) is 6.32 Å². The Morgan fingerprint density at radius 1 is 1.21 bits per heavy atom. The SMILES string of the molecule is COCC1=C2[C@@H](CC/C(=C/c3cc(Br)ccc3O)c3ccccn3)OB(O)C[C@@H]2[C@@H]2C(=O)N(Cc3cccs3)C(=O)[C@@H]2C1. The van der Waals surface area contributed by atoms with Crippen molar-refractivity contribution in [3.05, 3.63) is 91.9 Å². The number of rotatable bonds is 9. The molecule has 11 heteroatoms. The number of ether oxygens (including phenoxy) is 1. The number of likely N-dealkylation sites (tertiary alicyclic amines) is 1. The molecular weight excluding hydrogens is 631 g/mol. The molecule has 4 heterocycles. The third kappa shape index (κ3) is 6.14. The smallest absolute Gasteiger partial charge is 0.455 e. The maximum Gasteiger partial charge on any atom is 0.455 e. The number of benzene rings is 1. The third-order valence-electron chi connectivity index (χ3n) is 8.60. The maximum atomic E-state index is 13.8. The molecule has 222 valence electrons. The minimum Gasteiger partial charge on any atom is -0.507 e. The summed E-state index contributed by atoms with van der Waals surface area (Å²) in [4.78, 5) is 34.3. The molecule has 2 saturated heterocycles. The number of aromatic hydroxyl groups is 1. The van der Waals surface area contributed by atoms with Crippen molar-refractivity contribution in [2.24, 2.45) is 17.8 Å². The van der Waals surface area contributed by atoms with E-state index < -0.39 is 25.1 Å². The number of carbonyl (C=O) groups excluding carboxylic acids is 2. The van der Waals surface area contributed by atoms with Crippen molar-refractivity contribution in [2.75, 3.05) is 13.7 Å². The summed E-state index contributed by atoms with van der Waals surface area (Å²) in [6.45, 7) is 0.597. The lowest BCUT2D eigenvalue weighted by atomic mass is 9.58. The molecule has 0 bridgehead atoms. The molecule has 0 unspecified atom stereocenters. The normalized spacial score (nSPS) is 24.0. The number of hydrogen-bond acceptors (Lipinski definition) is 8. The van der Waals surface area contributed by atoms with Gasteiger partial charge in [-0.25, -0.2) is 0 Å². The van der Waals surface area contributed by atoms with Gasteiger partial charge in [-0.1, -0.05) is 28.1 Å². The number of halogens is 1. The summed E-state index contributed by atoms with van der Waals surface area (Å²) in [6, 6.07) is 14.8. The molecule has 8 nitrogen and oxygen atoms in total. The lowest BCUT2D eigenvalue weighted by Crippen LogP contribution is -2.46. The zero-order valence-electron chi connectivity index (χ0n) is 23.7. The van der Waals surface area contributed by atoms with Crippen molar-refractivity contribution >= 4 is 57.8 Å². The molecule has 43 heavy (non-hydrogen) atoms. The first-order chi connectivity index (χ1) is 20.8. The van der Waals surface area contributed by atoms with Crippen LogP contribution in [0.15, 0.2) is 75.7 Å². The molecule has 3 aliphatic rings. The highest BCUT2D eigenvalue weighted by atomic mass is 79.9. The van der Waals surface area contributed by atoms with E-state index in [4.69, 9.17) is 9.39 Å². The summed E-state index contributed by atoms with van der Waals surface area (Å²) < 4.78 is 12.6. The number of nitrogens with zero attached hydrogens (tertiary/aromatic N) is 2. The van der Waals surface area contributed by atoms with Gasteiger partial charge in [0.05, 0.1) is 36.8 Å². The minimum absolute atomic E-state index is 0.150. The molecule has 4 atom stereocenters. The standard InChI is InChI=1S/C32H32BBrN2O6S/c1-41-18-21-15-24-30(32(39)36(31(24)38)17-23-5-4-12-43-23)25-16-33(40)42-28(29(21)25)10-7-19(26-6-2-3-11-35-26)13-20-14-22(34)8-9-27(20)37/h2-6,8-9,11-14,24-25,28,30,37,40H,7,10,15-18H2,1H3/b19-13-/t24-,25+,28-,30-/m1/s1. The van der Waals surface area contributed by atoms with E-state index in [9.17, 15) is 19.7 Å². The van der Waals surface area contributed by atoms with E-state index in [0.29, 0.717) is 31.4 Å².